The molecule has 0 bridgehead atoms. The number of ether oxygens (including phenoxy) is 1. The molecule has 0 radical (unpaired) electrons. The molecule has 2 heterocycles. The number of aromatic nitrogens is 1. The minimum absolute atomic E-state index is 0.0719. The van der Waals surface area contributed by atoms with Gasteiger partial charge in [0.2, 0.25) is 0 Å². The first kappa shape index (κ1) is 13.1. The summed E-state index contributed by atoms with van der Waals surface area (Å²) in [5.74, 6) is 0.984. The molecule has 20 heavy (non-hydrogen) atoms. The predicted molar refractivity (Wildman–Crippen MR) is 79.8 cm³/mol. The molecule has 104 valence electrons. The van der Waals surface area contributed by atoms with Crippen molar-refractivity contribution in [3.8, 4) is 5.75 Å². The zero-order chi connectivity index (χ0) is 13.9. The molecule has 3 rings (SSSR count). The van der Waals surface area contributed by atoms with Gasteiger partial charge in [0.1, 0.15) is 11.9 Å². The Morgan fingerprint density at radius 1 is 1.25 bits per heavy atom. The lowest BCUT2D eigenvalue weighted by molar-refractivity contribution is 0.151. The fourth-order valence-corrected chi connectivity index (χ4v) is 2.86. The van der Waals surface area contributed by atoms with E-state index in [1.165, 1.54) is 16.7 Å². The van der Waals surface area contributed by atoms with Crippen molar-refractivity contribution >= 4 is 0 Å². The van der Waals surface area contributed by atoms with Crippen molar-refractivity contribution < 1.29 is 4.74 Å². The van der Waals surface area contributed by atoms with Crippen LogP contribution in [0, 0.1) is 6.92 Å². The second kappa shape index (κ2) is 5.63. The summed E-state index contributed by atoms with van der Waals surface area (Å²) in [5, 5.41) is 3.56. The first-order valence-electron chi connectivity index (χ1n) is 7.19. The number of nitrogens with one attached hydrogen (secondary N) is 1. The molecule has 1 aromatic carbocycles. The van der Waals surface area contributed by atoms with Gasteiger partial charge in [0, 0.05) is 36.0 Å². The monoisotopic (exact) mass is 268 g/mol. The molecule has 2 unspecified atom stereocenters. The standard InChI is InChI=1S/C17H20N2O/c1-3-19-15-10-17(14-11-18-9-8-12(14)2)20-16-7-5-4-6-13(15)16/h4-9,11,15,17,19H,3,10H2,1-2H3. The Hall–Kier alpha value is -1.87. The minimum Gasteiger partial charge on any atom is -0.485 e. The molecule has 0 saturated heterocycles. The number of benzene rings is 1. The quantitative estimate of drug-likeness (QED) is 0.924. The predicted octanol–water partition coefficient (Wildman–Crippen LogP) is 3.56. The van der Waals surface area contributed by atoms with Gasteiger partial charge in [-0.2, -0.15) is 0 Å². The Morgan fingerprint density at radius 3 is 2.90 bits per heavy atom. The van der Waals surface area contributed by atoms with Crippen LogP contribution in [0.2, 0.25) is 0 Å². The highest BCUT2D eigenvalue weighted by Crippen LogP contribution is 2.41. The number of para-hydroxylation sites is 1. The van der Waals surface area contributed by atoms with E-state index in [0.717, 1.165) is 18.7 Å². The van der Waals surface area contributed by atoms with E-state index in [2.05, 4.69) is 42.3 Å². The molecular weight excluding hydrogens is 248 g/mol. The molecule has 3 nitrogen and oxygen atoms in total. The highest BCUT2D eigenvalue weighted by Gasteiger charge is 2.29. The summed E-state index contributed by atoms with van der Waals surface area (Å²) in [7, 11) is 0. The van der Waals surface area contributed by atoms with E-state index in [4.69, 9.17) is 4.74 Å². The van der Waals surface area contributed by atoms with Gasteiger partial charge in [-0.1, -0.05) is 25.1 Å². The summed E-state index contributed by atoms with van der Waals surface area (Å²) in [6.45, 7) is 5.21. The number of rotatable bonds is 3. The Balaban J connectivity index is 1.96. The van der Waals surface area contributed by atoms with Crippen molar-refractivity contribution in [3.63, 3.8) is 0 Å². The Bertz CT molecular complexity index is 597. The Labute approximate surface area is 120 Å². The zero-order valence-corrected chi connectivity index (χ0v) is 12.0. The first-order valence-corrected chi connectivity index (χ1v) is 7.19. The average Bonchev–Trinajstić information content (AvgIpc) is 2.48. The molecule has 3 heteroatoms. The highest BCUT2D eigenvalue weighted by atomic mass is 16.5. The van der Waals surface area contributed by atoms with E-state index in [-0.39, 0.29) is 6.10 Å². The molecule has 1 N–H and O–H groups in total. The van der Waals surface area contributed by atoms with E-state index >= 15 is 0 Å². The van der Waals surface area contributed by atoms with Crippen molar-refractivity contribution in [2.45, 2.75) is 32.4 Å². The van der Waals surface area contributed by atoms with Gasteiger partial charge >= 0.3 is 0 Å². The third-order valence-corrected chi connectivity index (χ3v) is 3.89. The number of nitrogens with zero attached hydrogens (tertiary/aromatic N) is 1. The maximum absolute atomic E-state index is 6.20. The molecule has 2 atom stereocenters. The van der Waals surface area contributed by atoms with Crippen LogP contribution in [0.1, 0.15) is 42.2 Å². The van der Waals surface area contributed by atoms with Crippen molar-refractivity contribution in [3.05, 3.63) is 59.4 Å². The summed E-state index contributed by atoms with van der Waals surface area (Å²) in [6.07, 6.45) is 4.77. The normalized spacial score (nSPS) is 21.1. The maximum atomic E-state index is 6.20. The molecule has 0 spiro atoms. The Morgan fingerprint density at radius 2 is 2.10 bits per heavy atom. The molecule has 1 aliphatic rings. The van der Waals surface area contributed by atoms with Gasteiger partial charge in [-0.3, -0.25) is 4.98 Å². The van der Waals surface area contributed by atoms with Crippen LogP contribution in [-0.2, 0) is 0 Å². The lowest BCUT2D eigenvalue weighted by Crippen LogP contribution is -2.29. The topological polar surface area (TPSA) is 34.2 Å². The molecule has 0 saturated carbocycles. The van der Waals surface area contributed by atoms with Crippen LogP contribution < -0.4 is 10.1 Å². The summed E-state index contributed by atoms with van der Waals surface area (Å²) in [6, 6.07) is 10.7. The maximum Gasteiger partial charge on any atom is 0.127 e. The third-order valence-electron chi connectivity index (χ3n) is 3.89. The fourth-order valence-electron chi connectivity index (χ4n) is 2.86. The molecule has 0 fully saturated rings. The lowest BCUT2D eigenvalue weighted by atomic mass is 9.92. The van der Waals surface area contributed by atoms with E-state index in [1.54, 1.807) is 0 Å². The van der Waals surface area contributed by atoms with E-state index in [0.29, 0.717) is 6.04 Å². The summed E-state index contributed by atoms with van der Waals surface area (Å²) in [4.78, 5) is 4.25. The SMILES string of the molecule is CCNC1CC(c2cnccc2C)Oc2ccccc21. The number of hydrogen-bond donors (Lipinski definition) is 1. The number of pyridine rings is 1. The number of hydrogen-bond acceptors (Lipinski definition) is 3. The fraction of sp³-hybridized carbons (Fsp3) is 0.353. The van der Waals surface area contributed by atoms with E-state index in [1.807, 2.05) is 24.5 Å². The highest BCUT2D eigenvalue weighted by molar-refractivity contribution is 5.39. The Kier molecular flexibility index (Phi) is 3.70. The average molecular weight is 268 g/mol. The molecular formula is C17H20N2O. The lowest BCUT2D eigenvalue weighted by Gasteiger charge is -2.33. The van der Waals surface area contributed by atoms with Crippen molar-refractivity contribution in [1.29, 1.82) is 0 Å². The largest absolute Gasteiger partial charge is 0.485 e. The van der Waals surface area contributed by atoms with Crippen molar-refractivity contribution in [1.82, 2.24) is 10.3 Å². The number of aryl methyl sites for hydroxylation is 1. The van der Waals surface area contributed by atoms with Gasteiger partial charge in [-0.25, -0.2) is 0 Å². The van der Waals surface area contributed by atoms with Crippen LogP contribution in [0.4, 0.5) is 0 Å². The van der Waals surface area contributed by atoms with E-state index < -0.39 is 0 Å². The van der Waals surface area contributed by atoms with Gasteiger partial charge in [0.25, 0.3) is 0 Å². The molecule has 1 aromatic heterocycles. The van der Waals surface area contributed by atoms with Crippen molar-refractivity contribution in [2.75, 3.05) is 6.54 Å². The van der Waals surface area contributed by atoms with Gasteiger partial charge in [-0.15, -0.1) is 0 Å². The van der Waals surface area contributed by atoms with Gasteiger partial charge in [0.05, 0.1) is 0 Å². The van der Waals surface area contributed by atoms with E-state index in [9.17, 15) is 0 Å². The van der Waals surface area contributed by atoms with Crippen LogP contribution in [-0.4, -0.2) is 11.5 Å². The molecule has 1 aliphatic heterocycles. The second-order valence-electron chi connectivity index (χ2n) is 5.22. The first-order chi connectivity index (χ1) is 9.79. The van der Waals surface area contributed by atoms with Crippen LogP contribution in [0.15, 0.2) is 42.7 Å². The number of fused-ring (bicyclic) bond motifs is 1. The van der Waals surface area contributed by atoms with Gasteiger partial charge in [0.15, 0.2) is 0 Å². The molecule has 0 aliphatic carbocycles. The van der Waals surface area contributed by atoms with Crippen molar-refractivity contribution in [2.24, 2.45) is 0 Å². The second-order valence-corrected chi connectivity index (χ2v) is 5.22. The molecule has 0 amide bonds. The minimum atomic E-state index is 0.0719. The third kappa shape index (κ3) is 2.41. The summed E-state index contributed by atoms with van der Waals surface area (Å²) < 4.78 is 6.20. The van der Waals surface area contributed by atoms with Crippen LogP contribution in [0.5, 0.6) is 5.75 Å². The summed E-state index contributed by atoms with van der Waals surface area (Å²) in [5.41, 5.74) is 3.68. The van der Waals surface area contributed by atoms with Crippen LogP contribution in [0.25, 0.3) is 0 Å². The molecule has 2 aromatic rings. The van der Waals surface area contributed by atoms with Gasteiger partial charge < -0.3 is 10.1 Å². The van der Waals surface area contributed by atoms with Crippen LogP contribution in [0.3, 0.4) is 0 Å². The zero-order valence-electron chi connectivity index (χ0n) is 12.0. The summed E-state index contributed by atoms with van der Waals surface area (Å²) >= 11 is 0. The van der Waals surface area contributed by atoms with Gasteiger partial charge in [-0.05, 0) is 31.2 Å². The smallest absolute Gasteiger partial charge is 0.127 e. The van der Waals surface area contributed by atoms with Crippen LogP contribution >= 0.6 is 0 Å².